The molecule has 0 spiro atoms. The van der Waals surface area contributed by atoms with Crippen molar-refractivity contribution in [3.8, 4) is 5.75 Å². The molecule has 0 radical (unpaired) electrons. The first-order valence-electron chi connectivity index (χ1n) is 10.2. The number of methoxy groups -OCH3 is 1. The first-order chi connectivity index (χ1) is 15.4. The second-order valence-electron chi connectivity index (χ2n) is 7.10. The fourth-order valence-corrected chi connectivity index (χ4v) is 4.18. The molecule has 2 aromatic rings. The molecule has 0 saturated carbocycles. The van der Waals surface area contributed by atoms with E-state index < -0.39 is 0 Å². The first-order valence-corrected chi connectivity index (χ1v) is 11.6. The van der Waals surface area contributed by atoms with Crippen molar-refractivity contribution in [3.05, 3.63) is 41.0 Å². The number of benzene rings is 1. The minimum Gasteiger partial charge on any atom is -0.497 e. The molecule has 2 amide bonds. The summed E-state index contributed by atoms with van der Waals surface area (Å²) in [6.07, 6.45) is 0. The molecule has 2 heterocycles. The summed E-state index contributed by atoms with van der Waals surface area (Å²) in [5.41, 5.74) is 2.93. The third kappa shape index (κ3) is 6.24. The van der Waals surface area contributed by atoms with Crippen LogP contribution in [-0.4, -0.2) is 71.8 Å². The van der Waals surface area contributed by atoms with Crippen LogP contribution in [0.5, 0.6) is 5.75 Å². The van der Waals surface area contributed by atoms with E-state index in [-0.39, 0.29) is 23.6 Å². The van der Waals surface area contributed by atoms with Gasteiger partial charge in [-0.05, 0) is 32.0 Å². The van der Waals surface area contributed by atoms with Gasteiger partial charge >= 0.3 is 0 Å². The highest BCUT2D eigenvalue weighted by atomic mass is 35.5. The largest absolute Gasteiger partial charge is 0.497 e. The molecule has 1 N–H and O–H groups in total. The third-order valence-electron chi connectivity index (χ3n) is 4.85. The predicted octanol–water partition coefficient (Wildman–Crippen LogP) is 2.65. The summed E-state index contributed by atoms with van der Waals surface area (Å²) in [6, 6.07) is 8.81. The summed E-state index contributed by atoms with van der Waals surface area (Å²) in [5.74, 6) is 1.11. The smallest absolute Gasteiger partial charge is 0.254 e. The maximum absolute atomic E-state index is 13.0. The molecule has 172 valence electrons. The number of ether oxygens (including phenoxy) is 1. The lowest BCUT2D eigenvalue weighted by molar-refractivity contribution is -0.130. The Kier molecular flexibility index (Phi) is 8.54. The molecule has 1 aliphatic rings. The van der Waals surface area contributed by atoms with Crippen LogP contribution >= 0.6 is 23.4 Å². The SMILES string of the molecule is CCONC(=O)CSc1nc(Cl)cc(N2CCN(C(=O)c3cccc(OC)c3)C(C)C2)n1. The number of hydrogen-bond donors (Lipinski definition) is 1. The predicted molar refractivity (Wildman–Crippen MR) is 123 cm³/mol. The molecule has 1 fully saturated rings. The van der Waals surface area contributed by atoms with Crippen LogP contribution in [0.2, 0.25) is 5.15 Å². The molecule has 1 atom stereocenters. The van der Waals surface area contributed by atoms with Gasteiger partial charge in [0.2, 0.25) is 0 Å². The molecular formula is C21H26ClN5O4S. The number of piperazine rings is 1. The van der Waals surface area contributed by atoms with E-state index >= 15 is 0 Å². The van der Waals surface area contributed by atoms with Crippen LogP contribution in [0.15, 0.2) is 35.5 Å². The Balaban J connectivity index is 1.65. The topological polar surface area (TPSA) is 96.9 Å². The number of thioether (sulfide) groups is 1. The molecule has 0 bridgehead atoms. The Morgan fingerprint density at radius 3 is 2.81 bits per heavy atom. The standard InChI is InChI=1S/C21H26ClN5O4S/c1-4-31-25-19(28)13-32-21-23-17(22)11-18(24-21)26-8-9-27(14(2)12-26)20(29)15-6-5-7-16(10-15)30-3/h5-7,10-11,14H,4,8-9,12-13H2,1-3H3,(H,25,28). The van der Waals surface area contributed by atoms with E-state index in [1.807, 2.05) is 24.0 Å². The highest BCUT2D eigenvalue weighted by Crippen LogP contribution is 2.25. The first kappa shape index (κ1) is 24.1. The number of nitrogens with one attached hydrogen (secondary N) is 1. The van der Waals surface area contributed by atoms with Gasteiger partial charge in [0.05, 0.1) is 19.5 Å². The zero-order chi connectivity index (χ0) is 23.1. The lowest BCUT2D eigenvalue weighted by Gasteiger charge is -2.40. The van der Waals surface area contributed by atoms with Gasteiger partial charge in [-0.3, -0.25) is 14.4 Å². The summed E-state index contributed by atoms with van der Waals surface area (Å²) in [4.78, 5) is 42.3. The van der Waals surface area contributed by atoms with Crippen molar-refractivity contribution in [2.24, 2.45) is 0 Å². The average Bonchev–Trinajstić information content (AvgIpc) is 2.80. The van der Waals surface area contributed by atoms with Crippen molar-refractivity contribution in [2.45, 2.75) is 25.0 Å². The van der Waals surface area contributed by atoms with Gasteiger partial charge in [0.25, 0.3) is 11.8 Å². The normalized spacial score (nSPS) is 16.1. The fourth-order valence-electron chi connectivity index (χ4n) is 3.31. The zero-order valence-electron chi connectivity index (χ0n) is 18.2. The quantitative estimate of drug-likeness (QED) is 0.267. The lowest BCUT2D eigenvalue weighted by atomic mass is 10.1. The Hall–Kier alpha value is -2.56. The Labute approximate surface area is 196 Å². The highest BCUT2D eigenvalue weighted by molar-refractivity contribution is 7.99. The van der Waals surface area contributed by atoms with Gasteiger partial charge in [-0.25, -0.2) is 15.4 Å². The minimum absolute atomic E-state index is 0.0340. The highest BCUT2D eigenvalue weighted by Gasteiger charge is 2.29. The van der Waals surface area contributed by atoms with Gasteiger partial charge in [-0.2, -0.15) is 0 Å². The Bertz CT molecular complexity index is 964. The van der Waals surface area contributed by atoms with Crippen molar-refractivity contribution < 1.29 is 19.2 Å². The van der Waals surface area contributed by atoms with E-state index in [1.165, 1.54) is 11.8 Å². The van der Waals surface area contributed by atoms with Crippen LogP contribution in [0.4, 0.5) is 5.82 Å². The lowest BCUT2D eigenvalue weighted by Crippen LogP contribution is -2.54. The zero-order valence-corrected chi connectivity index (χ0v) is 19.8. The molecular weight excluding hydrogens is 454 g/mol. The summed E-state index contributed by atoms with van der Waals surface area (Å²) in [7, 11) is 1.58. The molecule has 1 aromatic carbocycles. The van der Waals surface area contributed by atoms with Gasteiger partial charge < -0.3 is 14.5 Å². The summed E-state index contributed by atoms with van der Waals surface area (Å²) in [6.45, 7) is 5.91. The molecule has 32 heavy (non-hydrogen) atoms. The maximum Gasteiger partial charge on any atom is 0.254 e. The molecule has 1 saturated heterocycles. The average molecular weight is 480 g/mol. The second kappa shape index (κ2) is 11.3. The van der Waals surface area contributed by atoms with Gasteiger partial charge in [-0.15, -0.1) is 0 Å². The number of carbonyl (C=O) groups excluding carboxylic acids is 2. The molecule has 1 aliphatic heterocycles. The van der Waals surface area contributed by atoms with Crippen LogP contribution in [-0.2, 0) is 9.63 Å². The van der Waals surface area contributed by atoms with Crippen LogP contribution in [0.1, 0.15) is 24.2 Å². The maximum atomic E-state index is 13.0. The molecule has 1 aromatic heterocycles. The number of carbonyl (C=O) groups is 2. The van der Waals surface area contributed by atoms with E-state index in [9.17, 15) is 9.59 Å². The molecule has 3 rings (SSSR count). The molecule has 9 nitrogen and oxygen atoms in total. The monoisotopic (exact) mass is 479 g/mol. The van der Waals surface area contributed by atoms with E-state index in [4.69, 9.17) is 21.2 Å². The number of aromatic nitrogens is 2. The van der Waals surface area contributed by atoms with Crippen molar-refractivity contribution in [1.29, 1.82) is 0 Å². The van der Waals surface area contributed by atoms with Crippen molar-refractivity contribution in [2.75, 3.05) is 44.0 Å². The van der Waals surface area contributed by atoms with Gasteiger partial charge in [-0.1, -0.05) is 29.4 Å². The number of anilines is 1. The second-order valence-corrected chi connectivity index (χ2v) is 8.43. The van der Waals surface area contributed by atoms with Gasteiger partial charge in [0, 0.05) is 37.3 Å². The molecule has 1 unspecified atom stereocenters. The third-order valence-corrected chi connectivity index (χ3v) is 5.89. The number of amides is 2. The van der Waals surface area contributed by atoms with Gasteiger partial charge in [0.1, 0.15) is 16.7 Å². The van der Waals surface area contributed by atoms with Crippen LogP contribution < -0.4 is 15.1 Å². The number of hydrogen-bond acceptors (Lipinski definition) is 8. The number of rotatable bonds is 8. The van der Waals surface area contributed by atoms with Crippen molar-refractivity contribution in [3.63, 3.8) is 0 Å². The van der Waals surface area contributed by atoms with Crippen LogP contribution in [0.25, 0.3) is 0 Å². The fraction of sp³-hybridized carbons (Fsp3) is 0.429. The van der Waals surface area contributed by atoms with Crippen molar-refractivity contribution >= 4 is 41.0 Å². The van der Waals surface area contributed by atoms with Crippen molar-refractivity contribution in [1.82, 2.24) is 20.3 Å². The Morgan fingerprint density at radius 2 is 2.09 bits per heavy atom. The van der Waals surface area contributed by atoms with Crippen LogP contribution in [0, 0.1) is 0 Å². The summed E-state index contributed by atoms with van der Waals surface area (Å²) >= 11 is 7.38. The summed E-state index contributed by atoms with van der Waals surface area (Å²) in [5, 5.41) is 0.701. The van der Waals surface area contributed by atoms with E-state index in [0.717, 1.165) is 0 Å². The van der Waals surface area contributed by atoms with E-state index in [0.29, 0.717) is 53.7 Å². The minimum atomic E-state index is -0.278. The number of nitrogens with zero attached hydrogens (tertiary/aromatic N) is 4. The Morgan fingerprint density at radius 1 is 1.28 bits per heavy atom. The van der Waals surface area contributed by atoms with Crippen LogP contribution in [0.3, 0.4) is 0 Å². The van der Waals surface area contributed by atoms with E-state index in [1.54, 1.807) is 32.2 Å². The van der Waals surface area contributed by atoms with Gasteiger partial charge in [0.15, 0.2) is 5.16 Å². The molecule has 0 aliphatic carbocycles. The van der Waals surface area contributed by atoms with E-state index in [2.05, 4.69) is 20.3 Å². The number of hydroxylamine groups is 1. The number of halogens is 1. The molecule has 11 heteroatoms. The summed E-state index contributed by atoms with van der Waals surface area (Å²) < 4.78 is 5.23.